The molecule has 0 aliphatic carbocycles. The Hall–Kier alpha value is -2.24. The van der Waals surface area contributed by atoms with Crippen LogP contribution in [-0.2, 0) is 11.0 Å². The van der Waals surface area contributed by atoms with Crippen LogP contribution in [0.3, 0.4) is 0 Å². The van der Waals surface area contributed by atoms with Gasteiger partial charge in [-0.25, -0.2) is 8.51 Å². The van der Waals surface area contributed by atoms with Crippen molar-refractivity contribution in [3.63, 3.8) is 0 Å². The number of nitrogens with zero attached hydrogens (tertiary/aromatic N) is 2. The zero-order valence-electron chi connectivity index (χ0n) is 16.5. The van der Waals surface area contributed by atoms with Gasteiger partial charge in [-0.2, -0.15) is 0 Å². The first-order chi connectivity index (χ1) is 13.6. The van der Waals surface area contributed by atoms with Gasteiger partial charge in [-0.3, -0.25) is 4.98 Å². The van der Waals surface area contributed by atoms with Crippen molar-refractivity contribution in [3.8, 4) is 11.1 Å². The molecule has 1 aromatic heterocycles. The molecule has 0 saturated carbocycles. The van der Waals surface area contributed by atoms with Crippen LogP contribution in [0.4, 0.5) is 5.69 Å². The van der Waals surface area contributed by atoms with Crippen LogP contribution in [0.15, 0.2) is 54.9 Å². The molecule has 3 aromatic rings. The molecular weight excluding hydrogens is 366 g/mol. The van der Waals surface area contributed by atoms with Crippen LogP contribution < -0.4 is 5.32 Å². The Morgan fingerprint density at radius 1 is 1.14 bits per heavy atom. The highest BCUT2D eigenvalue weighted by molar-refractivity contribution is 7.82. The van der Waals surface area contributed by atoms with E-state index in [-0.39, 0.29) is 0 Å². The second-order valence-electron chi connectivity index (χ2n) is 7.45. The number of pyridine rings is 1. The summed E-state index contributed by atoms with van der Waals surface area (Å²) < 4.78 is 14.1. The van der Waals surface area contributed by atoms with Crippen molar-refractivity contribution in [2.45, 2.75) is 32.7 Å². The maximum absolute atomic E-state index is 12.0. The summed E-state index contributed by atoms with van der Waals surface area (Å²) in [5.74, 6) is 0.701. The van der Waals surface area contributed by atoms with Crippen LogP contribution in [0.5, 0.6) is 0 Å². The lowest BCUT2D eigenvalue weighted by molar-refractivity contribution is 0.346. The van der Waals surface area contributed by atoms with Crippen LogP contribution in [0.1, 0.15) is 25.3 Å². The van der Waals surface area contributed by atoms with Gasteiger partial charge in [-0.15, -0.1) is 0 Å². The second-order valence-corrected chi connectivity index (χ2v) is 9.18. The SMILES string of the molecule is CCS(=O)N1CCC(Nc2cc(-c3cccc(C)c3)cc3ccncc23)CC1. The van der Waals surface area contributed by atoms with Crippen LogP contribution in [0.25, 0.3) is 21.9 Å². The molecule has 0 spiro atoms. The molecule has 146 valence electrons. The van der Waals surface area contributed by atoms with E-state index in [1.807, 2.05) is 19.3 Å². The zero-order valence-corrected chi connectivity index (χ0v) is 17.3. The molecule has 1 fully saturated rings. The molecule has 1 aliphatic rings. The van der Waals surface area contributed by atoms with E-state index in [1.165, 1.54) is 22.1 Å². The highest BCUT2D eigenvalue weighted by Gasteiger charge is 2.22. The summed E-state index contributed by atoms with van der Waals surface area (Å²) in [6, 6.07) is 15.6. The van der Waals surface area contributed by atoms with E-state index in [0.717, 1.165) is 37.0 Å². The highest BCUT2D eigenvalue weighted by Crippen LogP contribution is 2.32. The van der Waals surface area contributed by atoms with Crippen LogP contribution >= 0.6 is 0 Å². The molecule has 1 N–H and O–H groups in total. The molecule has 1 aliphatic heterocycles. The molecule has 2 heterocycles. The lowest BCUT2D eigenvalue weighted by Crippen LogP contribution is -2.40. The summed E-state index contributed by atoms with van der Waals surface area (Å²) in [7, 11) is -0.832. The first kappa shape index (κ1) is 19.1. The van der Waals surface area contributed by atoms with E-state index >= 15 is 0 Å². The Labute approximate surface area is 169 Å². The summed E-state index contributed by atoms with van der Waals surface area (Å²) in [6.45, 7) is 5.87. The van der Waals surface area contributed by atoms with Gasteiger partial charge in [0.25, 0.3) is 0 Å². The Morgan fingerprint density at radius 3 is 2.71 bits per heavy atom. The monoisotopic (exact) mass is 393 g/mol. The van der Waals surface area contributed by atoms with Gasteiger partial charge >= 0.3 is 0 Å². The third-order valence-electron chi connectivity index (χ3n) is 5.46. The molecule has 4 nitrogen and oxygen atoms in total. The zero-order chi connectivity index (χ0) is 19.5. The summed E-state index contributed by atoms with van der Waals surface area (Å²) >= 11 is 0. The number of nitrogens with one attached hydrogen (secondary N) is 1. The third-order valence-corrected chi connectivity index (χ3v) is 6.89. The van der Waals surface area contributed by atoms with E-state index < -0.39 is 11.0 Å². The average molecular weight is 394 g/mol. The third kappa shape index (κ3) is 4.10. The molecule has 0 radical (unpaired) electrons. The van der Waals surface area contributed by atoms with Crippen LogP contribution in [0.2, 0.25) is 0 Å². The normalized spacial score (nSPS) is 16.9. The second kappa shape index (κ2) is 8.41. The fourth-order valence-corrected chi connectivity index (χ4v) is 4.90. The number of aryl methyl sites for hydroxylation is 1. The largest absolute Gasteiger partial charge is 0.382 e. The average Bonchev–Trinajstić information content (AvgIpc) is 2.73. The Balaban J connectivity index is 1.62. The number of piperidine rings is 1. The van der Waals surface area contributed by atoms with E-state index in [1.54, 1.807) is 0 Å². The Morgan fingerprint density at radius 2 is 1.96 bits per heavy atom. The Kier molecular flexibility index (Phi) is 5.74. The first-order valence-corrected chi connectivity index (χ1v) is 11.3. The number of rotatable bonds is 5. The molecule has 1 unspecified atom stereocenters. The van der Waals surface area contributed by atoms with Gasteiger partial charge in [0.05, 0.1) is 11.0 Å². The number of anilines is 1. The molecule has 1 saturated heterocycles. The lowest BCUT2D eigenvalue weighted by Gasteiger charge is -2.32. The maximum Gasteiger partial charge on any atom is 0.0939 e. The quantitative estimate of drug-likeness (QED) is 0.679. The van der Waals surface area contributed by atoms with Crippen molar-refractivity contribution in [3.05, 3.63) is 60.4 Å². The van der Waals surface area contributed by atoms with Gasteiger partial charge in [0.15, 0.2) is 0 Å². The molecule has 28 heavy (non-hydrogen) atoms. The molecule has 2 aromatic carbocycles. The summed E-state index contributed by atoms with van der Waals surface area (Å²) in [5.41, 5.74) is 4.85. The van der Waals surface area contributed by atoms with Crippen molar-refractivity contribution in [2.24, 2.45) is 0 Å². The molecular formula is C23H27N3OS. The molecule has 5 heteroatoms. The maximum atomic E-state index is 12.0. The van der Waals surface area contributed by atoms with Gasteiger partial charge in [0, 0.05) is 48.4 Å². The van der Waals surface area contributed by atoms with E-state index in [4.69, 9.17) is 0 Å². The van der Waals surface area contributed by atoms with Gasteiger partial charge in [-0.1, -0.05) is 36.8 Å². The van der Waals surface area contributed by atoms with E-state index in [0.29, 0.717) is 11.8 Å². The lowest BCUT2D eigenvalue weighted by atomic mass is 9.98. The fourth-order valence-electron chi connectivity index (χ4n) is 3.92. The smallest absolute Gasteiger partial charge is 0.0939 e. The van der Waals surface area contributed by atoms with Gasteiger partial charge in [0.1, 0.15) is 0 Å². The van der Waals surface area contributed by atoms with Gasteiger partial charge in [-0.05, 0) is 54.5 Å². The minimum atomic E-state index is -0.832. The van der Waals surface area contributed by atoms with Crippen molar-refractivity contribution in [1.82, 2.24) is 9.29 Å². The molecule has 4 rings (SSSR count). The van der Waals surface area contributed by atoms with Crippen molar-refractivity contribution >= 4 is 27.4 Å². The van der Waals surface area contributed by atoms with Crippen molar-refractivity contribution in [2.75, 3.05) is 24.2 Å². The van der Waals surface area contributed by atoms with Gasteiger partial charge in [0.2, 0.25) is 0 Å². The molecule has 0 bridgehead atoms. The predicted molar refractivity (Wildman–Crippen MR) is 119 cm³/mol. The minimum absolute atomic E-state index is 0.390. The summed E-state index contributed by atoms with van der Waals surface area (Å²) in [5, 5.41) is 6.11. The topological polar surface area (TPSA) is 45.2 Å². The van der Waals surface area contributed by atoms with Crippen LogP contribution in [-0.4, -0.2) is 38.4 Å². The number of fused-ring (bicyclic) bond motifs is 1. The van der Waals surface area contributed by atoms with Crippen molar-refractivity contribution in [1.29, 1.82) is 0 Å². The predicted octanol–water partition coefficient (Wildman–Crippen LogP) is 4.77. The van der Waals surface area contributed by atoms with Crippen molar-refractivity contribution < 1.29 is 4.21 Å². The fraction of sp³-hybridized carbons (Fsp3) is 0.348. The van der Waals surface area contributed by atoms with Crippen LogP contribution in [0, 0.1) is 6.92 Å². The molecule has 0 amide bonds. The number of hydrogen-bond acceptors (Lipinski definition) is 3. The standard InChI is InChI=1S/C23H27N3OS/c1-3-28(27)26-11-8-21(9-12-26)25-23-15-20(18-6-4-5-17(2)13-18)14-19-7-10-24-16-22(19)23/h4-7,10,13-16,21,25H,3,8-9,11-12H2,1-2H3. The first-order valence-electron chi connectivity index (χ1n) is 9.99. The number of aromatic nitrogens is 1. The molecule has 1 atom stereocenters. The van der Waals surface area contributed by atoms with Gasteiger partial charge < -0.3 is 5.32 Å². The summed E-state index contributed by atoms with van der Waals surface area (Å²) in [4.78, 5) is 4.34. The highest BCUT2D eigenvalue weighted by atomic mass is 32.2. The number of benzene rings is 2. The van der Waals surface area contributed by atoms with E-state index in [9.17, 15) is 4.21 Å². The Bertz CT molecular complexity index is 996. The van der Waals surface area contributed by atoms with E-state index in [2.05, 4.69) is 64.0 Å². The number of hydrogen-bond donors (Lipinski definition) is 1. The minimum Gasteiger partial charge on any atom is -0.382 e. The summed E-state index contributed by atoms with van der Waals surface area (Å²) in [6.07, 6.45) is 5.80.